The topological polar surface area (TPSA) is 52.2 Å². The quantitative estimate of drug-likeness (QED) is 0.948. The number of nitrogens with zero attached hydrogens (tertiary/aromatic N) is 3. The lowest BCUT2D eigenvalue weighted by Gasteiger charge is -2.19. The number of rotatable bonds is 3. The van der Waals surface area contributed by atoms with Crippen LogP contribution in [0, 0.1) is 0 Å². The molecule has 0 aliphatic carbocycles. The Kier molecular flexibility index (Phi) is 3.77. The van der Waals surface area contributed by atoms with Crippen molar-refractivity contribution in [3.05, 3.63) is 47.8 Å². The van der Waals surface area contributed by atoms with E-state index >= 15 is 0 Å². The highest BCUT2D eigenvalue weighted by Gasteiger charge is 2.28. The van der Waals surface area contributed by atoms with Gasteiger partial charge in [-0.05, 0) is 49.6 Å². The van der Waals surface area contributed by atoms with Crippen LogP contribution in [0.1, 0.15) is 41.2 Å². The van der Waals surface area contributed by atoms with Crippen LogP contribution in [0.25, 0.3) is 0 Å². The Hall–Kier alpha value is -2.30. The second-order valence-electron chi connectivity index (χ2n) is 6.49. The van der Waals surface area contributed by atoms with Crippen molar-refractivity contribution in [3.63, 3.8) is 0 Å². The first-order valence-electron chi connectivity index (χ1n) is 8.45. The summed E-state index contributed by atoms with van der Waals surface area (Å²) in [6.07, 6.45) is 5.31. The molecule has 2 aliphatic rings. The minimum Gasteiger partial charge on any atom is -0.372 e. The first-order chi connectivity index (χ1) is 11.3. The Balaban J connectivity index is 1.43. The van der Waals surface area contributed by atoms with Crippen LogP contribution in [0.3, 0.4) is 0 Å². The fourth-order valence-electron chi connectivity index (χ4n) is 3.67. The minimum atomic E-state index is 0.139. The molecule has 5 nitrogen and oxygen atoms in total. The van der Waals surface area contributed by atoms with Gasteiger partial charge < -0.3 is 9.80 Å². The van der Waals surface area contributed by atoms with E-state index in [1.54, 1.807) is 6.20 Å². The van der Waals surface area contributed by atoms with Crippen LogP contribution < -0.4 is 4.90 Å². The van der Waals surface area contributed by atoms with Crippen LogP contribution in [-0.4, -0.2) is 47.2 Å². The Morgan fingerprint density at radius 3 is 2.57 bits per heavy atom. The van der Waals surface area contributed by atoms with Gasteiger partial charge >= 0.3 is 0 Å². The summed E-state index contributed by atoms with van der Waals surface area (Å²) in [5.74, 6) is 0.519. The van der Waals surface area contributed by atoms with Gasteiger partial charge in [0.05, 0.1) is 0 Å². The van der Waals surface area contributed by atoms with E-state index in [0.717, 1.165) is 43.9 Å². The van der Waals surface area contributed by atoms with Gasteiger partial charge in [-0.15, -0.1) is 0 Å². The summed E-state index contributed by atoms with van der Waals surface area (Å²) in [5, 5.41) is 7.03. The predicted molar refractivity (Wildman–Crippen MR) is 89.7 cm³/mol. The second kappa shape index (κ2) is 6.07. The lowest BCUT2D eigenvalue weighted by atomic mass is 10.1. The van der Waals surface area contributed by atoms with Gasteiger partial charge in [0.1, 0.15) is 0 Å². The smallest absolute Gasteiger partial charge is 0.253 e. The SMILES string of the molecule is O=C(c1ccc(N2CCCC2)cc1)N1CCC(c2ccn[nH]2)C1. The number of aromatic amines is 1. The zero-order valence-corrected chi connectivity index (χ0v) is 13.2. The summed E-state index contributed by atoms with van der Waals surface area (Å²) < 4.78 is 0. The molecule has 1 unspecified atom stereocenters. The number of H-pyrrole nitrogens is 1. The third-order valence-electron chi connectivity index (χ3n) is 5.02. The lowest BCUT2D eigenvalue weighted by Crippen LogP contribution is -2.28. The Bertz CT molecular complexity index is 659. The zero-order valence-electron chi connectivity index (χ0n) is 13.2. The van der Waals surface area contributed by atoms with E-state index in [0.29, 0.717) is 5.92 Å². The zero-order chi connectivity index (χ0) is 15.6. The van der Waals surface area contributed by atoms with Crippen LogP contribution in [0.2, 0.25) is 0 Å². The molecule has 0 saturated carbocycles. The van der Waals surface area contributed by atoms with Crippen molar-refractivity contribution < 1.29 is 4.79 Å². The van der Waals surface area contributed by atoms with Crippen LogP contribution >= 0.6 is 0 Å². The first kappa shape index (κ1) is 14.3. The largest absolute Gasteiger partial charge is 0.372 e. The fraction of sp³-hybridized carbons (Fsp3) is 0.444. The summed E-state index contributed by atoms with van der Waals surface area (Å²) in [5.41, 5.74) is 3.15. The van der Waals surface area contributed by atoms with Crippen LogP contribution in [0.4, 0.5) is 5.69 Å². The van der Waals surface area contributed by atoms with Crippen molar-refractivity contribution in [2.75, 3.05) is 31.1 Å². The molecule has 1 aromatic heterocycles. The number of hydrogen-bond acceptors (Lipinski definition) is 3. The molecule has 2 fully saturated rings. The molecule has 1 amide bonds. The number of hydrogen-bond donors (Lipinski definition) is 1. The van der Waals surface area contributed by atoms with E-state index in [1.165, 1.54) is 18.5 Å². The van der Waals surface area contributed by atoms with Crippen molar-refractivity contribution in [1.29, 1.82) is 0 Å². The molecule has 0 bridgehead atoms. The maximum atomic E-state index is 12.7. The van der Waals surface area contributed by atoms with Gasteiger partial charge in [0.15, 0.2) is 0 Å². The first-order valence-corrected chi connectivity index (χ1v) is 8.45. The molecule has 2 saturated heterocycles. The molecule has 5 heteroatoms. The van der Waals surface area contributed by atoms with E-state index < -0.39 is 0 Å². The lowest BCUT2D eigenvalue weighted by molar-refractivity contribution is 0.0790. The summed E-state index contributed by atoms with van der Waals surface area (Å²) >= 11 is 0. The van der Waals surface area contributed by atoms with Crippen molar-refractivity contribution in [1.82, 2.24) is 15.1 Å². The summed E-state index contributed by atoms with van der Waals surface area (Å²) in [4.78, 5) is 17.0. The molecular formula is C18H22N4O. The van der Waals surface area contributed by atoms with E-state index in [1.807, 2.05) is 23.1 Å². The van der Waals surface area contributed by atoms with Crippen molar-refractivity contribution >= 4 is 11.6 Å². The molecule has 1 aromatic carbocycles. The predicted octanol–water partition coefficient (Wildman–Crippen LogP) is 2.64. The number of carbonyl (C=O) groups is 1. The van der Waals surface area contributed by atoms with Gasteiger partial charge in [-0.3, -0.25) is 9.89 Å². The van der Waals surface area contributed by atoms with Crippen molar-refractivity contribution in [2.45, 2.75) is 25.2 Å². The highest BCUT2D eigenvalue weighted by atomic mass is 16.2. The number of anilines is 1. The maximum Gasteiger partial charge on any atom is 0.253 e. The number of aromatic nitrogens is 2. The van der Waals surface area contributed by atoms with Crippen molar-refractivity contribution in [2.24, 2.45) is 0 Å². The number of carbonyl (C=O) groups excluding carboxylic acids is 1. The van der Waals surface area contributed by atoms with Gasteiger partial charge in [-0.25, -0.2) is 0 Å². The molecule has 1 N–H and O–H groups in total. The molecule has 23 heavy (non-hydrogen) atoms. The van der Waals surface area contributed by atoms with Gasteiger partial charge in [0.25, 0.3) is 5.91 Å². The number of benzene rings is 1. The molecule has 1 atom stereocenters. The highest BCUT2D eigenvalue weighted by Crippen LogP contribution is 2.27. The standard InChI is InChI=1S/C18H22N4O/c23-18(22-12-8-15(13-22)17-7-9-19-20-17)14-3-5-16(6-4-14)21-10-1-2-11-21/h3-7,9,15H,1-2,8,10-13H2,(H,19,20). The van der Waals surface area contributed by atoms with E-state index in [2.05, 4.69) is 27.2 Å². The van der Waals surface area contributed by atoms with Crippen LogP contribution in [-0.2, 0) is 0 Å². The molecular weight excluding hydrogens is 288 g/mol. The van der Waals surface area contributed by atoms with Gasteiger partial charge in [-0.2, -0.15) is 5.10 Å². The fourth-order valence-corrected chi connectivity index (χ4v) is 3.67. The molecule has 0 radical (unpaired) electrons. The molecule has 3 heterocycles. The van der Waals surface area contributed by atoms with Gasteiger partial charge in [0.2, 0.25) is 0 Å². The number of nitrogens with one attached hydrogen (secondary N) is 1. The molecule has 2 aromatic rings. The normalized spacial score (nSPS) is 21.1. The Morgan fingerprint density at radius 1 is 1.09 bits per heavy atom. The second-order valence-corrected chi connectivity index (χ2v) is 6.49. The third kappa shape index (κ3) is 2.83. The highest BCUT2D eigenvalue weighted by molar-refractivity contribution is 5.94. The van der Waals surface area contributed by atoms with Crippen LogP contribution in [0.5, 0.6) is 0 Å². The third-order valence-corrected chi connectivity index (χ3v) is 5.02. The van der Waals surface area contributed by atoms with Gasteiger partial charge in [-0.1, -0.05) is 0 Å². The minimum absolute atomic E-state index is 0.139. The summed E-state index contributed by atoms with van der Waals surface area (Å²) in [6.45, 7) is 3.85. The van der Waals surface area contributed by atoms with Crippen LogP contribution in [0.15, 0.2) is 36.5 Å². The Labute approximate surface area is 136 Å². The number of amides is 1. The van der Waals surface area contributed by atoms with Crippen molar-refractivity contribution in [3.8, 4) is 0 Å². The summed E-state index contributed by atoms with van der Waals surface area (Å²) in [6, 6.07) is 10.1. The Morgan fingerprint density at radius 2 is 1.87 bits per heavy atom. The van der Waals surface area contributed by atoms with Gasteiger partial charge in [0, 0.05) is 55.2 Å². The van der Waals surface area contributed by atoms with E-state index in [4.69, 9.17) is 0 Å². The monoisotopic (exact) mass is 310 g/mol. The molecule has 2 aliphatic heterocycles. The average molecular weight is 310 g/mol. The molecule has 0 spiro atoms. The number of likely N-dealkylation sites (tertiary alicyclic amines) is 1. The molecule has 4 rings (SSSR count). The molecule has 120 valence electrons. The average Bonchev–Trinajstić information content (AvgIpc) is 3.36. The maximum absolute atomic E-state index is 12.7. The van der Waals surface area contributed by atoms with E-state index in [9.17, 15) is 4.79 Å². The van der Waals surface area contributed by atoms with E-state index in [-0.39, 0.29) is 5.91 Å². The summed E-state index contributed by atoms with van der Waals surface area (Å²) in [7, 11) is 0.